The largest absolute Gasteiger partial charge is 0.379 e. The number of anilines is 1. The Kier molecular flexibility index (Phi) is 3.65. The van der Waals surface area contributed by atoms with Gasteiger partial charge in [-0.25, -0.2) is 4.98 Å². The number of rotatable bonds is 4. The van der Waals surface area contributed by atoms with Gasteiger partial charge in [0.25, 0.3) is 0 Å². The van der Waals surface area contributed by atoms with Crippen molar-refractivity contribution in [3.05, 3.63) is 22.7 Å². The predicted octanol–water partition coefficient (Wildman–Crippen LogP) is 4.57. The minimum Gasteiger partial charge on any atom is -0.379 e. The van der Waals surface area contributed by atoms with Crippen molar-refractivity contribution in [3.8, 4) is 0 Å². The van der Waals surface area contributed by atoms with Gasteiger partial charge in [-0.2, -0.15) is 0 Å². The molecule has 2 atom stereocenters. The Labute approximate surface area is 128 Å². The number of ether oxygens (including phenoxy) is 1. The first-order valence-corrected chi connectivity index (χ1v) is 8.19. The zero-order valence-electron chi connectivity index (χ0n) is 11.9. The molecule has 1 N–H and O–H groups in total. The Morgan fingerprint density at radius 2 is 2.30 bits per heavy atom. The molecule has 1 heterocycles. The van der Waals surface area contributed by atoms with Crippen LogP contribution in [0.2, 0.25) is 5.02 Å². The van der Waals surface area contributed by atoms with Gasteiger partial charge >= 0.3 is 0 Å². The van der Waals surface area contributed by atoms with E-state index in [1.54, 1.807) is 11.3 Å². The maximum atomic E-state index is 6.35. The quantitative estimate of drug-likeness (QED) is 0.898. The van der Waals surface area contributed by atoms with Gasteiger partial charge in [-0.1, -0.05) is 25.4 Å². The van der Waals surface area contributed by atoms with Gasteiger partial charge < -0.3 is 10.1 Å². The molecule has 1 aliphatic carbocycles. The van der Waals surface area contributed by atoms with Crippen LogP contribution in [0.4, 0.5) is 5.69 Å². The van der Waals surface area contributed by atoms with Crippen LogP contribution in [0, 0.1) is 5.41 Å². The van der Waals surface area contributed by atoms with Gasteiger partial charge in [0, 0.05) is 18.1 Å². The molecule has 0 saturated heterocycles. The summed E-state index contributed by atoms with van der Waals surface area (Å²) < 4.78 is 6.94. The van der Waals surface area contributed by atoms with E-state index >= 15 is 0 Å². The van der Waals surface area contributed by atoms with Gasteiger partial charge in [0.2, 0.25) is 0 Å². The van der Waals surface area contributed by atoms with Crippen LogP contribution in [-0.4, -0.2) is 23.7 Å². The number of aromatic nitrogens is 1. The fraction of sp³-hybridized carbons (Fsp3) is 0.533. The molecule has 20 heavy (non-hydrogen) atoms. The van der Waals surface area contributed by atoms with E-state index in [1.807, 2.05) is 24.6 Å². The zero-order chi connectivity index (χ0) is 14.3. The molecular weight excluding hydrogens is 292 g/mol. The van der Waals surface area contributed by atoms with Crippen LogP contribution < -0.4 is 5.32 Å². The third-order valence-electron chi connectivity index (χ3n) is 4.32. The van der Waals surface area contributed by atoms with Crippen LogP contribution in [0.5, 0.6) is 0 Å². The fourth-order valence-corrected chi connectivity index (χ4v) is 3.72. The van der Waals surface area contributed by atoms with E-state index in [1.165, 1.54) is 0 Å². The Morgan fingerprint density at radius 3 is 3.00 bits per heavy atom. The minimum atomic E-state index is 0.109. The number of hydrogen-bond donors (Lipinski definition) is 1. The third kappa shape index (κ3) is 2.20. The molecule has 2 aromatic rings. The first-order chi connectivity index (χ1) is 9.54. The number of nitrogens with one attached hydrogen (secondary N) is 1. The second kappa shape index (κ2) is 5.17. The second-order valence-electron chi connectivity index (χ2n) is 5.82. The van der Waals surface area contributed by atoms with Crippen molar-refractivity contribution in [2.45, 2.75) is 39.3 Å². The summed E-state index contributed by atoms with van der Waals surface area (Å²) in [6.07, 6.45) is 1.33. The highest BCUT2D eigenvalue weighted by molar-refractivity contribution is 7.16. The average molecular weight is 311 g/mol. The number of benzene rings is 1. The first kappa shape index (κ1) is 14.1. The summed E-state index contributed by atoms with van der Waals surface area (Å²) in [5.74, 6) is 0. The average Bonchev–Trinajstić information content (AvgIpc) is 2.88. The topological polar surface area (TPSA) is 34.1 Å². The van der Waals surface area contributed by atoms with Gasteiger partial charge in [0.15, 0.2) is 0 Å². The van der Waals surface area contributed by atoms with Crippen LogP contribution in [0.3, 0.4) is 0 Å². The van der Waals surface area contributed by atoms with E-state index in [0.717, 1.165) is 34.0 Å². The van der Waals surface area contributed by atoms with Crippen molar-refractivity contribution in [2.75, 3.05) is 11.9 Å². The van der Waals surface area contributed by atoms with Gasteiger partial charge in [-0.15, -0.1) is 11.3 Å². The molecule has 0 radical (unpaired) electrons. The monoisotopic (exact) mass is 310 g/mol. The van der Waals surface area contributed by atoms with Crippen LogP contribution >= 0.6 is 22.9 Å². The molecular formula is C15H19ClN2OS. The van der Waals surface area contributed by atoms with E-state index in [0.29, 0.717) is 12.1 Å². The molecule has 3 nitrogen and oxygen atoms in total. The molecule has 0 spiro atoms. The Hall–Kier alpha value is -0.840. The molecule has 2 unspecified atom stereocenters. The highest BCUT2D eigenvalue weighted by atomic mass is 35.5. The van der Waals surface area contributed by atoms with E-state index in [2.05, 4.69) is 24.1 Å². The van der Waals surface area contributed by atoms with E-state index in [-0.39, 0.29) is 5.41 Å². The fourth-order valence-electron chi connectivity index (χ4n) is 2.83. The van der Waals surface area contributed by atoms with Crippen LogP contribution in [0.15, 0.2) is 17.6 Å². The molecule has 1 aromatic heterocycles. The maximum Gasteiger partial charge on any atom is 0.106 e. The highest BCUT2D eigenvalue weighted by Gasteiger charge is 2.49. The first-order valence-electron chi connectivity index (χ1n) is 6.94. The molecule has 0 bridgehead atoms. The van der Waals surface area contributed by atoms with Crippen molar-refractivity contribution in [1.82, 2.24) is 4.98 Å². The lowest BCUT2D eigenvalue weighted by Gasteiger charge is -2.52. The molecule has 1 fully saturated rings. The normalized spacial score (nSPS) is 24.6. The summed E-state index contributed by atoms with van der Waals surface area (Å²) in [7, 11) is 0. The maximum absolute atomic E-state index is 6.35. The number of thiazole rings is 1. The lowest BCUT2D eigenvalue weighted by atomic mass is 9.64. The van der Waals surface area contributed by atoms with Crippen molar-refractivity contribution < 1.29 is 4.74 Å². The van der Waals surface area contributed by atoms with Crippen molar-refractivity contribution in [1.29, 1.82) is 0 Å². The Balaban J connectivity index is 1.84. The van der Waals surface area contributed by atoms with Gasteiger partial charge in [0.05, 0.1) is 27.0 Å². The second-order valence-corrected chi connectivity index (χ2v) is 7.11. The van der Waals surface area contributed by atoms with E-state index in [9.17, 15) is 0 Å². The van der Waals surface area contributed by atoms with Gasteiger partial charge in [-0.05, 0) is 25.5 Å². The summed E-state index contributed by atoms with van der Waals surface area (Å²) in [5, 5.41) is 4.32. The zero-order valence-corrected chi connectivity index (χ0v) is 13.5. The van der Waals surface area contributed by atoms with Crippen molar-refractivity contribution in [2.24, 2.45) is 5.41 Å². The third-order valence-corrected chi connectivity index (χ3v) is 5.42. The summed E-state index contributed by atoms with van der Waals surface area (Å²) in [6, 6.07) is 4.33. The van der Waals surface area contributed by atoms with Gasteiger partial charge in [-0.3, -0.25) is 0 Å². The number of nitrogens with zero attached hydrogens (tertiary/aromatic N) is 1. The predicted molar refractivity (Wildman–Crippen MR) is 85.9 cm³/mol. The van der Waals surface area contributed by atoms with Crippen LogP contribution in [0.1, 0.15) is 27.2 Å². The van der Waals surface area contributed by atoms with Gasteiger partial charge in [0.1, 0.15) is 5.52 Å². The SMILES string of the molecule is CCOC1CC(Nc2c(Cl)ccc3scnc23)C1(C)C. The minimum absolute atomic E-state index is 0.109. The molecule has 1 saturated carbocycles. The lowest BCUT2D eigenvalue weighted by molar-refractivity contribution is -0.0975. The summed E-state index contributed by atoms with van der Waals surface area (Å²) in [4.78, 5) is 4.43. The molecule has 3 rings (SSSR count). The number of hydrogen-bond acceptors (Lipinski definition) is 4. The molecule has 0 amide bonds. The summed E-state index contributed by atoms with van der Waals surface area (Å²) in [6.45, 7) is 7.29. The summed E-state index contributed by atoms with van der Waals surface area (Å²) in [5.41, 5.74) is 3.90. The highest BCUT2D eigenvalue weighted by Crippen LogP contribution is 2.46. The van der Waals surface area contributed by atoms with Crippen molar-refractivity contribution >= 4 is 38.8 Å². The molecule has 1 aromatic carbocycles. The van der Waals surface area contributed by atoms with Crippen molar-refractivity contribution in [3.63, 3.8) is 0 Å². The number of fused-ring (bicyclic) bond motifs is 1. The standard InChI is InChI=1S/C15H19ClN2OS/c1-4-19-12-7-11(15(12,2)3)18-13-9(16)5-6-10-14(13)17-8-20-10/h5-6,8,11-12,18H,4,7H2,1-3H3. The molecule has 5 heteroatoms. The van der Waals surface area contributed by atoms with E-state index in [4.69, 9.17) is 16.3 Å². The molecule has 0 aliphatic heterocycles. The Bertz CT molecular complexity index is 625. The Morgan fingerprint density at radius 1 is 1.50 bits per heavy atom. The molecule has 1 aliphatic rings. The summed E-state index contributed by atoms with van der Waals surface area (Å²) >= 11 is 7.98. The van der Waals surface area contributed by atoms with E-state index < -0.39 is 0 Å². The lowest BCUT2D eigenvalue weighted by Crippen LogP contribution is -2.58. The molecule has 108 valence electrons. The number of halogens is 1. The van der Waals surface area contributed by atoms with Crippen LogP contribution in [-0.2, 0) is 4.74 Å². The van der Waals surface area contributed by atoms with Crippen LogP contribution in [0.25, 0.3) is 10.2 Å². The smallest absolute Gasteiger partial charge is 0.106 e.